The first-order valence-corrected chi connectivity index (χ1v) is 7.46. The molecule has 1 heterocycles. The van der Waals surface area contributed by atoms with Gasteiger partial charge in [-0.2, -0.15) is 5.10 Å². The number of hydrogen-bond acceptors (Lipinski definition) is 3. The molecule has 1 N–H and O–H groups in total. The Labute approximate surface area is 135 Å². The molecule has 23 heavy (non-hydrogen) atoms. The molecule has 0 bridgehead atoms. The van der Waals surface area contributed by atoms with Crippen LogP contribution in [0.5, 0.6) is 0 Å². The monoisotopic (exact) mass is 306 g/mol. The molecule has 5 heteroatoms. The second kappa shape index (κ2) is 6.87. The molecule has 3 rings (SSSR count). The number of carbonyl (C=O) groups is 1. The lowest BCUT2D eigenvalue weighted by Crippen LogP contribution is -2.22. The second-order valence-corrected chi connectivity index (χ2v) is 5.46. The number of nitrogens with zero attached hydrogens (tertiary/aromatic N) is 3. The molecule has 0 saturated heterocycles. The van der Waals surface area contributed by atoms with Crippen molar-refractivity contribution in [3.05, 3.63) is 83.4 Å². The predicted octanol–water partition coefficient (Wildman–Crippen LogP) is 2.56. The summed E-state index contributed by atoms with van der Waals surface area (Å²) in [6.45, 7) is 3.16. The van der Waals surface area contributed by atoms with Gasteiger partial charge in [0.2, 0.25) is 0 Å². The van der Waals surface area contributed by atoms with Gasteiger partial charge in [-0.1, -0.05) is 42.0 Å². The molecule has 0 atom stereocenters. The lowest BCUT2D eigenvalue weighted by molar-refractivity contribution is 0.0951. The van der Waals surface area contributed by atoms with Gasteiger partial charge in [-0.3, -0.25) is 4.79 Å². The van der Waals surface area contributed by atoms with E-state index < -0.39 is 0 Å². The Morgan fingerprint density at radius 1 is 1.13 bits per heavy atom. The summed E-state index contributed by atoms with van der Waals surface area (Å²) in [6.07, 6.45) is 3.16. The molecule has 0 saturated carbocycles. The summed E-state index contributed by atoms with van der Waals surface area (Å²) < 4.78 is 1.73. The molecule has 0 aliphatic carbocycles. The van der Waals surface area contributed by atoms with Crippen molar-refractivity contribution in [1.29, 1.82) is 0 Å². The van der Waals surface area contributed by atoms with Crippen molar-refractivity contribution in [3.63, 3.8) is 0 Å². The average molecular weight is 306 g/mol. The zero-order chi connectivity index (χ0) is 16.1. The molecule has 3 aromatic rings. The number of benzene rings is 2. The first-order valence-electron chi connectivity index (χ1n) is 7.46. The van der Waals surface area contributed by atoms with E-state index in [4.69, 9.17) is 0 Å². The molecule has 0 spiro atoms. The third-order valence-electron chi connectivity index (χ3n) is 3.57. The first kappa shape index (κ1) is 15.0. The molecule has 0 aliphatic rings. The van der Waals surface area contributed by atoms with E-state index in [1.807, 2.05) is 55.5 Å². The summed E-state index contributed by atoms with van der Waals surface area (Å²) in [5.41, 5.74) is 3.96. The highest BCUT2D eigenvalue weighted by atomic mass is 16.1. The Kier molecular flexibility index (Phi) is 4.47. The van der Waals surface area contributed by atoms with E-state index in [-0.39, 0.29) is 5.91 Å². The highest BCUT2D eigenvalue weighted by Crippen LogP contribution is 2.08. The third-order valence-corrected chi connectivity index (χ3v) is 3.57. The fraction of sp³-hybridized carbons (Fsp3) is 0.167. The van der Waals surface area contributed by atoms with Crippen LogP contribution in [-0.4, -0.2) is 20.7 Å². The zero-order valence-electron chi connectivity index (χ0n) is 12.9. The van der Waals surface area contributed by atoms with Crippen LogP contribution in [0.4, 0.5) is 0 Å². The lowest BCUT2D eigenvalue weighted by atomic mass is 10.1. The van der Waals surface area contributed by atoms with E-state index >= 15 is 0 Å². The van der Waals surface area contributed by atoms with Crippen molar-refractivity contribution in [2.24, 2.45) is 0 Å². The predicted molar refractivity (Wildman–Crippen MR) is 87.9 cm³/mol. The molecular formula is C18H18N4O. The standard InChI is InChI=1S/C18H18N4O/c1-14-5-7-15(8-6-14)10-20-18(23)17-4-2-3-16(9-17)11-22-13-19-12-21-22/h2-9,12-13H,10-11H2,1H3,(H,20,23). The molecular weight excluding hydrogens is 288 g/mol. The molecule has 0 fully saturated rings. The number of rotatable bonds is 5. The summed E-state index contributed by atoms with van der Waals surface area (Å²) in [5, 5.41) is 7.02. The van der Waals surface area contributed by atoms with E-state index in [9.17, 15) is 4.79 Å². The number of aromatic nitrogens is 3. The number of nitrogens with one attached hydrogen (secondary N) is 1. The zero-order valence-corrected chi connectivity index (χ0v) is 12.9. The van der Waals surface area contributed by atoms with Crippen molar-refractivity contribution < 1.29 is 4.79 Å². The number of carbonyl (C=O) groups excluding carboxylic acids is 1. The van der Waals surface area contributed by atoms with E-state index in [1.165, 1.54) is 11.9 Å². The van der Waals surface area contributed by atoms with Gasteiger partial charge >= 0.3 is 0 Å². The smallest absolute Gasteiger partial charge is 0.251 e. The van der Waals surface area contributed by atoms with Crippen LogP contribution in [0, 0.1) is 6.92 Å². The van der Waals surface area contributed by atoms with Crippen molar-refractivity contribution >= 4 is 5.91 Å². The largest absolute Gasteiger partial charge is 0.348 e. The average Bonchev–Trinajstić information content (AvgIpc) is 3.07. The highest BCUT2D eigenvalue weighted by molar-refractivity contribution is 5.94. The van der Waals surface area contributed by atoms with Crippen LogP contribution in [0.15, 0.2) is 61.2 Å². The molecule has 5 nitrogen and oxygen atoms in total. The van der Waals surface area contributed by atoms with Gasteiger partial charge in [0.05, 0.1) is 6.54 Å². The summed E-state index contributed by atoms with van der Waals surface area (Å²) >= 11 is 0. The Balaban J connectivity index is 1.63. The number of amides is 1. The summed E-state index contributed by atoms with van der Waals surface area (Å²) in [7, 11) is 0. The third kappa shape index (κ3) is 4.03. The van der Waals surface area contributed by atoms with Gasteiger partial charge in [0.15, 0.2) is 0 Å². The van der Waals surface area contributed by atoms with E-state index in [1.54, 1.807) is 11.0 Å². The van der Waals surface area contributed by atoms with Gasteiger partial charge in [-0.25, -0.2) is 9.67 Å². The molecule has 1 amide bonds. The van der Waals surface area contributed by atoms with Gasteiger partial charge in [-0.15, -0.1) is 0 Å². The normalized spacial score (nSPS) is 10.5. The highest BCUT2D eigenvalue weighted by Gasteiger charge is 2.06. The van der Waals surface area contributed by atoms with Crippen LogP contribution >= 0.6 is 0 Å². The fourth-order valence-corrected chi connectivity index (χ4v) is 2.30. The molecule has 0 radical (unpaired) electrons. The maximum Gasteiger partial charge on any atom is 0.251 e. The van der Waals surface area contributed by atoms with Crippen LogP contribution in [0.2, 0.25) is 0 Å². The first-order chi connectivity index (χ1) is 11.2. The quantitative estimate of drug-likeness (QED) is 0.788. The minimum Gasteiger partial charge on any atom is -0.348 e. The maximum absolute atomic E-state index is 12.3. The lowest BCUT2D eigenvalue weighted by Gasteiger charge is -2.08. The Bertz CT molecular complexity index is 779. The van der Waals surface area contributed by atoms with Gasteiger partial charge < -0.3 is 5.32 Å². The Hall–Kier alpha value is -2.95. The van der Waals surface area contributed by atoms with Crippen LogP contribution in [0.1, 0.15) is 27.0 Å². The van der Waals surface area contributed by atoms with E-state index in [0.717, 1.165) is 11.1 Å². The Morgan fingerprint density at radius 3 is 2.70 bits per heavy atom. The van der Waals surface area contributed by atoms with Crippen LogP contribution in [0.25, 0.3) is 0 Å². The SMILES string of the molecule is Cc1ccc(CNC(=O)c2cccc(Cn3cncn3)c2)cc1. The molecule has 0 unspecified atom stereocenters. The van der Waals surface area contributed by atoms with E-state index in [2.05, 4.69) is 15.4 Å². The van der Waals surface area contributed by atoms with Crippen molar-refractivity contribution in [3.8, 4) is 0 Å². The topological polar surface area (TPSA) is 59.8 Å². The van der Waals surface area contributed by atoms with Gasteiger partial charge in [0, 0.05) is 12.1 Å². The van der Waals surface area contributed by atoms with Crippen LogP contribution < -0.4 is 5.32 Å². The molecule has 1 aromatic heterocycles. The molecule has 2 aromatic carbocycles. The van der Waals surface area contributed by atoms with Gasteiger partial charge in [0.1, 0.15) is 12.7 Å². The number of hydrogen-bond donors (Lipinski definition) is 1. The van der Waals surface area contributed by atoms with Crippen molar-refractivity contribution in [2.75, 3.05) is 0 Å². The molecule has 116 valence electrons. The second-order valence-electron chi connectivity index (χ2n) is 5.46. The van der Waals surface area contributed by atoms with Crippen LogP contribution in [0.3, 0.4) is 0 Å². The van der Waals surface area contributed by atoms with Crippen molar-refractivity contribution in [2.45, 2.75) is 20.0 Å². The summed E-state index contributed by atoms with van der Waals surface area (Å²) in [6, 6.07) is 15.7. The number of aryl methyl sites for hydroxylation is 1. The minimum absolute atomic E-state index is 0.0778. The summed E-state index contributed by atoms with van der Waals surface area (Å²) in [5.74, 6) is -0.0778. The maximum atomic E-state index is 12.3. The Morgan fingerprint density at radius 2 is 1.96 bits per heavy atom. The fourth-order valence-electron chi connectivity index (χ4n) is 2.30. The van der Waals surface area contributed by atoms with E-state index in [0.29, 0.717) is 18.7 Å². The van der Waals surface area contributed by atoms with Gasteiger partial charge in [-0.05, 0) is 30.2 Å². The van der Waals surface area contributed by atoms with Crippen LogP contribution in [-0.2, 0) is 13.1 Å². The minimum atomic E-state index is -0.0778. The molecule has 0 aliphatic heterocycles. The van der Waals surface area contributed by atoms with Crippen molar-refractivity contribution in [1.82, 2.24) is 20.1 Å². The van der Waals surface area contributed by atoms with Gasteiger partial charge in [0.25, 0.3) is 5.91 Å². The summed E-state index contributed by atoms with van der Waals surface area (Å²) in [4.78, 5) is 16.2.